The maximum absolute atomic E-state index is 12.9. The van der Waals surface area contributed by atoms with Crippen molar-refractivity contribution in [1.82, 2.24) is 0 Å². The highest BCUT2D eigenvalue weighted by molar-refractivity contribution is 6.74. The molecule has 0 saturated carbocycles. The van der Waals surface area contributed by atoms with Gasteiger partial charge in [0.25, 0.3) is 0 Å². The first kappa shape index (κ1) is 30.3. The predicted molar refractivity (Wildman–Crippen MR) is 148 cm³/mol. The molecule has 0 aromatic heterocycles. The van der Waals surface area contributed by atoms with Gasteiger partial charge < -0.3 is 18.6 Å². The highest BCUT2D eigenvalue weighted by atomic mass is 28.4. The molecule has 0 N–H and O–H groups in total. The van der Waals surface area contributed by atoms with E-state index >= 15 is 0 Å². The Kier molecular flexibility index (Phi) is 10.7. The van der Waals surface area contributed by atoms with Gasteiger partial charge in [-0.05, 0) is 74.7 Å². The third-order valence-corrected chi connectivity index (χ3v) is 10.4. The fourth-order valence-corrected chi connectivity index (χ4v) is 4.14. The van der Waals surface area contributed by atoms with Gasteiger partial charge >= 0.3 is 5.97 Å². The average molecular weight is 525 g/mol. The molecule has 0 radical (unpaired) electrons. The molecule has 0 amide bonds. The van der Waals surface area contributed by atoms with E-state index in [1.54, 1.807) is 24.3 Å². The molecule has 1 atom stereocenters. The molecule has 0 aliphatic carbocycles. The van der Waals surface area contributed by atoms with Crippen LogP contribution in [0, 0.1) is 11.8 Å². The van der Waals surface area contributed by atoms with Crippen molar-refractivity contribution in [1.29, 1.82) is 0 Å². The van der Waals surface area contributed by atoms with E-state index in [9.17, 15) is 9.59 Å². The zero-order chi connectivity index (χ0) is 27.7. The maximum Gasteiger partial charge on any atom is 0.338 e. The summed E-state index contributed by atoms with van der Waals surface area (Å²) in [4.78, 5) is 25.3. The molecule has 7 heteroatoms. The summed E-state index contributed by atoms with van der Waals surface area (Å²) < 4.78 is 23.3. The molecule has 2 rings (SSSR count). The molecule has 0 fully saturated rings. The molecule has 0 heterocycles. The fourth-order valence-electron chi connectivity index (χ4n) is 2.91. The fraction of sp³-hybridized carbons (Fsp3) is 0.467. The van der Waals surface area contributed by atoms with E-state index in [-0.39, 0.29) is 24.0 Å². The topological polar surface area (TPSA) is 71.1 Å². The second-order valence-corrected chi connectivity index (χ2v) is 16.1. The summed E-state index contributed by atoms with van der Waals surface area (Å²) in [7, 11) is -2.26. The van der Waals surface area contributed by atoms with Crippen molar-refractivity contribution < 1.29 is 28.2 Å². The molecular formula is C30H40O6Si. The standard InChI is InChI=1S/C30H40O6Si/c1-29(2,3)35-28(32)27(36-37(7,8)30(4,5)6)22-34-25-18-16-24(17-19-25)26(31)15-12-20-33-21-23-13-10-9-11-14-23/h9-11,13-14,16-19,27H,20-22H2,1-8H3. The van der Waals surface area contributed by atoms with Crippen LogP contribution in [0.25, 0.3) is 0 Å². The number of ketones is 1. The smallest absolute Gasteiger partial charge is 0.338 e. The van der Waals surface area contributed by atoms with Crippen LogP contribution >= 0.6 is 0 Å². The van der Waals surface area contributed by atoms with Crippen molar-refractivity contribution in [3.8, 4) is 17.6 Å². The van der Waals surface area contributed by atoms with E-state index < -0.39 is 26.0 Å². The first-order valence-electron chi connectivity index (χ1n) is 12.5. The van der Waals surface area contributed by atoms with Crippen LogP contribution in [0.4, 0.5) is 0 Å². The van der Waals surface area contributed by atoms with Gasteiger partial charge in [0.1, 0.15) is 24.6 Å². The number of hydrogen-bond acceptors (Lipinski definition) is 6. The van der Waals surface area contributed by atoms with Gasteiger partial charge in [0.05, 0.1) is 6.61 Å². The SMILES string of the molecule is CC(C)(C)OC(=O)C(COc1ccc(C(=O)C#CCOCc2ccccc2)cc1)O[Si](C)(C)C(C)(C)C. The zero-order valence-corrected chi connectivity index (χ0v) is 24.3. The number of esters is 1. The van der Waals surface area contributed by atoms with Gasteiger partial charge in [0, 0.05) is 5.56 Å². The van der Waals surface area contributed by atoms with E-state index in [4.69, 9.17) is 18.6 Å². The molecule has 6 nitrogen and oxygen atoms in total. The van der Waals surface area contributed by atoms with Crippen LogP contribution in [0.5, 0.6) is 5.75 Å². The van der Waals surface area contributed by atoms with Crippen molar-refractivity contribution >= 4 is 20.1 Å². The van der Waals surface area contributed by atoms with Crippen molar-refractivity contribution in [2.75, 3.05) is 13.2 Å². The van der Waals surface area contributed by atoms with E-state index in [1.165, 1.54) is 0 Å². The lowest BCUT2D eigenvalue weighted by molar-refractivity contribution is -0.165. The van der Waals surface area contributed by atoms with Crippen LogP contribution in [-0.4, -0.2) is 45.0 Å². The Labute approximate surface area is 222 Å². The average Bonchev–Trinajstić information content (AvgIpc) is 2.80. The predicted octanol–water partition coefficient (Wildman–Crippen LogP) is 6.20. The van der Waals surface area contributed by atoms with Crippen LogP contribution in [0.2, 0.25) is 18.1 Å². The Balaban J connectivity index is 1.96. The van der Waals surface area contributed by atoms with Crippen molar-refractivity contribution in [2.45, 2.75) is 78.0 Å². The molecule has 1 unspecified atom stereocenters. The van der Waals surface area contributed by atoms with Crippen LogP contribution in [0.3, 0.4) is 0 Å². The first-order valence-corrected chi connectivity index (χ1v) is 15.4. The van der Waals surface area contributed by atoms with Crippen molar-refractivity contribution in [3.63, 3.8) is 0 Å². The Bertz CT molecular complexity index is 1080. The first-order chi connectivity index (χ1) is 17.2. The Morgan fingerprint density at radius 3 is 2.11 bits per heavy atom. The molecule has 2 aromatic rings. The second kappa shape index (κ2) is 13.0. The third kappa shape index (κ3) is 10.5. The Hall–Kier alpha value is -2.92. The molecule has 200 valence electrons. The van der Waals surface area contributed by atoms with Gasteiger partial charge in [0.2, 0.25) is 5.78 Å². The maximum atomic E-state index is 12.9. The number of hydrogen-bond donors (Lipinski definition) is 0. The molecule has 2 aromatic carbocycles. The van der Waals surface area contributed by atoms with Gasteiger partial charge in [-0.3, -0.25) is 4.79 Å². The highest BCUT2D eigenvalue weighted by Crippen LogP contribution is 2.37. The molecule has 0 aliphatic rings. The largest absolute Gasteiger partial charge is 0.490 e. The summed E-state index contributed by atoms with van der Waals surface area (Å²) >= 11 is 0. The number of carbonyl (C=O) groups excluding carboxylic acids is 2. The molecule has 0 bridgehead atoms. The normalized spacial score (nSPS) is 12.8. The Morgan fingerprint density at radius 1 is 0.919 bits per heavy atom. The minimum atomic E-state index is -2.26. The minimum Gasteiger partial charge on any atom is -0.490 e. The minimum absolute atomic E-state index is 0.00722. The zero-order valence-electron chi connectivity index (χ0n) is 23.3. The van der Waals surface area contributed by atoms with Crippen LogP contribution in [-0.2, 0) is 25.3 Å². The summed E-state index contributed by atoms with van der Waals surface area (Å²) in [6, 6.07) is 16.4. The van der Waals surface area contributed by atoms with Crippen molar-refractivity contribution in [2.24, 2.45) is 0 Å². The number of benzene rings is 2. The molecule has 0 aliphatic heterocycles. The van der Waals surface area contributed by atoms with Crippen LogP contribution in [0.15, 0.2) is 54.6 Å². The summed E-state index contributed by atoms with van der Waals surface area (Å²) in [5, 5.41) is -0.0805. The van der Waals surface area contributed by atoms with E-state index in [0.29, 0.717) is 17.9 Å². The molecule has 0 spiro atoms. The summed E-state index contributed by atoms with van der Waals surface area (Å²) in [6.07, 6.45) is -0.858. The molecule has 0 saturated heterocycles. The lowest BCUT2D eigenvalue weighted by atomic mass is 10.1. The van der Waals surface area contributed by atoms with Crippen LogP contribution < -0.4 is 4.74 Å². The quantitative estimate of drug-likeness (QED) is 0.0920. The lowest BCUT2D eigenvalue weighted by Crippen LogP contribution is -2.49. The second-order valence-electron chi connectivity index (χ2n) is 11.3. The van der Waals surface area contributed by atoms with Gasteiger partial charge in [-0.1, -0.05) is 57.0 Å². The van der Waals surface area contributed by atoms with Crippen molar-refractivity contribution in [3.05, 3.63) is 65.7 Å². The Morgan fingerprint density at radius 2 is 1.54 bits per heavy atom. The van der Waals surface area contributed by atoms with Gasteiger partial charge in [-0.2, -0.15) is 0 Å². The summed E-state index contributed by atoms with van der Waals surface area (Å²) in [5.41, 5.74) is 0.862. The van der Waals surface area contributed by atoms with E-state index in [2.05, 4.69) is 45.7 Å². The molecular weight excluding hydrogens is 484 g/mol. The number of ether oxygens (including phenoxy) is 3. The summed E-state index contributed by atoms with van der Waals surface area (Å²) in [6.45, 7) is 16.6. The third-order valence-electron chi connectivity index (χ3n) is 5.92. The van der Waals surface area contributed by atoms with Crippen LogP contribution in [0.1, 0.15) is 57.5 Å². The molecule has 37 heavy (non-hydrogen) atoms. The monoisotopic (exact) mass is 524 g/mol. The van der Waals surface area contributed by atoms with Gasteiger partial charge in [-0.25, -0.2) is 4.79 Å². The van der Waals surface area contributed by atoms with Gasteiger partial charge in [0.15, 0.2) is 14.4 Å². The highest BCUT2D eigenvalue weighted by Gasteiger charge is 2.42. The van der Waals surface area contributed by atoms with E-state index in [0.717, 1.165) is 5.56 Å². The van der Waals surface area contributed by atoms with E-state index in [1.807, 2.05) is 51.1 Å². The number of Topliss-reactive ketones (excluding diaryl/α,β-unsaturated/α-hetero) is 1. The number of carbonyl (C=O) groups is 2. The lowest BCUT2D eigenvalue weighted by Gasteiger charge is -2.39. The number of rotatable bonds is 10. The van der Waals surface area contributed by atoms with Gasteiger partial charge in [-0.15, -0.1) is 0 Å². The summed E-state index contributed by atoms with van der Waals surface area (Å²) in [5.74, 6) is 5.12.